The zero-order valence-electron chi connectivity index (χ0n) is 18.4. The van der Waals surface area contributed by atoms with Gasteiger partial charge in [0.1, 0.15) is 0 Å². The Balaban J connectivity index is 1.56. The van der Waals surface area contributed by atoms with E-state index in [1.807, 2.05) is 30.3 Å². The minimum Gasteiger partial charge on any atom is -0.452 e. The maximum Gasteiger partial charge on any atom is 0.339 e. The predicted molar refractivity (Wildman–Crippen MR) is 124 cm³/mol. The number of esters is 1. The first kappa shape index (κ1) is 21.4. The normalized spacial score (nSPS) is 14.2. The highest BCUT2D eigenvalue weighted by Gasteiger charge is 2.26. The Morgan fingerprint density at radius 2 is 1.94 bits per heavy atom. The van der Waals surface area contributed by atoms with E-state index in [1.165, 1.54) is 12.1 Å². The van der Waals surface area contributed by atoms with E-state index in [4.69, 9.17) is 14.2 Å². The highest BCUT2D eigenvalue weighted by molar-refractivity contribution is 6.06. The molecule has 170 valence electrons. The number of benzene rings is 2. The molecule has 2 aromatic carbocycles. The van der Waals surface area contributed by atoms with Gasteiger partial charge in [-0.05, 0) is 67.2 Å². The molecule has 0 spiro atoms. The third-order valence-corrected chi connectivity index (χ3v) is 5.72. The largest absolute Gasteiger partial charge is 0.452 e. The zero-order chi connectivity index (χ0) is 23.7. The van der Waals surface area contributed by atoms with Gasteiger partial charge in [0.15, 0.2) is 12.4 Å². The van der Waals surface area contributed by atoms with Crippen molar-refractivity contribution in [2.75, 3.05) is 0 Å². The second-order valence-corrected chi connectivity index (χ2v) is 8.01. The van der Waals surface area contributed by atoms with Crippen molar-refractivity contribution in [1.82, 2.24) is 15.1 Å². The van der Waals surface area contributed by atoms with Crippen LogP contribution in [-0.4, -0.2) is 26.0 Å². The molecule has 4 aromatic rings. The second kappa shape index (κ2) is 8.86. The van der Waals surface area contributed by atoms with Crippen LogP contribution in [0.3, 0.4) is 0 Å². The molecule has 2 aromatic heterocycles. The number of hydrogen-bond donors (Lipinski definition) is 0. The van der Waals surface area contributed by atoms with Gasteiger partial charge < -0.3 is 9.26 Å². The van der Waals surface area contributed by atoms with Gasteiger partial charge in [-0.1, -0.05) is 23.4 Å². The molecule has 1 aliphatic rings. The van der Waals surface area contributed by atoms with Crippen molar-refractivity contribution in [3.05, 3.63) is 92.7 Å². The van der Waals surface area contributed by atoms with Crippen molar-refractivity contribution >= 4 is 34.2 Å². The molecule has 0 fully saturated rings. The van der Waals surface area contributed by atoms with Crippen LogP contribution in [0.5, 0.6) is 0 Å². The molecule has 0 saturated heterocycles. The fourth-order valence-corrected chi connectivity index (χ4v) is 4.20. The summed E-state index contributed by atoms with van der Waals surface area (Å²) in [6.45, 7) is 1.58. The number of aromatic nitrogens is 3. The van der Waals surface area contributed by atoms with Gasteiger partial charge >= 0.3 is 5.97 Å². The molecular formula is C25H20N4O5. The van der Waals surface area contributed by atoms with E-state index in [-0.39, 0.29) is 18.2 Å². The Morgan fingerprint density at radius 3 is 2.68 bits per heavy atom. The molecule has 0 N–H and O–H groups in total. The van der Waals surface area contributed by atoms with Crippen LogP contribution in [0.1, 0.15) is 51.7 Å². The van der Waals surface area contributed by atoms with Gasteiger partial charge in [0.25, 0.3) is 11.6 Å². The minimum absolute atomic E-state index is 0.0387. The van der Waals surface area contributed by atoms with Crippen LogP contribution in [0.25, 0.3) is 22.6 Å². The number of pyridine rings is 1. The van der Waals surface area contributed by atoms with Crippen LogP contribution < -0.4 is 0 Å². The second-order valence-electron chi connectivity index (χ2n) is 8.01. The predicted octanol–water partition coefficient (Wildman–Crippen LogP) is 5.07. The van der Waals surface area contributed by atoms with Gasteiger partial charge in [0.05, 0.1) is 21.7 Å². The standard InChI is InChI=1S/C25H20N4O5/c1-15-26-22(34-28-15)14-33-25(30)23-19-6-2-3-8-21(19)27-24-17(5-4-7-20(23)24)13-16-9-11-18(12-10-16)29(31)32/h2-3,6,8-13H,4-5,7,14H2,1H3/b17-13+. The molecule has 1 aliphatic carbocycles. The molecule has 5 rings (SSSR count). The number of rotatable bonds is 5. The molecule has 0 saturated carbocycles. The van der Waals surface area contributed by atoms with Crippen LogP contribution in [0.2, 0.25) is 0 Å². The number of allylic oxidation sites excluding steroid dienone is 1. The molecule has 0 radical (unpaired) electrons. The lowest BCUT2D eigenvalue weighted by Gasteiger charge is -2.22. The average Bonchev–Trinajstić information content (AvgIpc) is 3.27. The number of nitrogens with zero attached hydrogens (tertiary/aromatic N) is 4. The third-order valence-electron chi connectivity index (χ3n) is 5.72. The van der Waals surface area contributed by atoms with Gasteiger partial charge in [0, 0.05) is 17.5 Å². The topological polar surface area (TPSA) is 121 Å². The molecule has 9 heteroatoms. The van der Waals surface area contributed by atoms with E-state index in [1.54, 1.807) is 19.1 Å². The lowest BCUT2D eigenvalue weighted by molar-refractivity contribution is -0.384. The molecule has 2 heterocycles. The van der Waals surface area contributed by atoms with Crippen molar-refractivity contribution in [2.45, 2.75) is 32.8 Å². The molecule has 9 nitrogen and oxygen atoms in total. The number of non-ortho nitro benzene ring substituents is 1. The summed E-state index contributed by atoms with van der Waals surface area (Å²) in [7, 11) is 0. The Morgan fingerprint density at radius 1 is 1.15 bits per heavy atom. The summed E-state index contributed by atoms with van der Waals surface area (Å²) in [6.07, 6.45) is 4.29. The summed E-state index contributed by atoms with van der Waals surface area (Å²) in [6, 6.07) is 13.9. The highest BCUT2D eigenvalue weighted by atomic mass is 16.6. The minimum atomic E-state index is -0.470. The fourth-order valence-electron chi connectivity index (χ4n) is 4.20. The molecular weight excluding hydrogens is 436 g/mol. The number of hydrogen-bond acceptors (Lipinski definition) is 8. The first-order valence-electron chi connectivity index (χ1n) is 10.8. The maximum atomic E-state index is 13.3. The number of fused-ring (bicyclic) bond motifs is 2. The Bertz CT molecular complexity index is 1440. The lowest BCUT2D eigenvalue weighted by atomic mass is 9.86. The van der Waals surface area contributed by atoms with Crippen molar-refractivity contribution in [2.24, 2.45) is 0 Å². The van der Waals surface area contributed by atoms with Crippen LogP contribution >= 0.6 is 0 Å². The summed E-state index contributed by atoms with van der Waals surface area (Å²) in [5.74, 6) is 0.234. The summed E-state index contributed by atoms with van der Waals surface area (Å²) in [5, 5.41) is 15.4. The van der Waals surface area contributed by atoms with Crippen LogP contribution in [-0.2, 0) is 17.8 Å². The third kappa shape index (κ3) is 4.15. The fraction of sp³-hybridized carbons (Fsp3) is 0.200. The van der Waals surface area contributed by atoms with Crippen LogP contribution in [0.4, 0.5) is 5.69 Å². The number of ether oxygens (including phenoxy) is 1. The van der Waals surface area contributed by atoms with Gasteiger partial charge in [-0.15, -0.1) is 0 Å². The first-order valence-corrected chi connectivity index (χ1v) is 10.8. The molecule has 0 unspecified atom stereocenters. The first-order chi connectivity index (χ1) is 16.5. The van der Waals surface area contributed by atoms with Crippen LogP contribution in [0, 0.1) is 17.0 Å². The molecule has 0 bridgehead atoms. The number of nitro groups is 1. The summed E-state index contributed by atoms with van der Waals surface area (Å²) in [4.78, 5) is 32.8. The number of nitro benzene ring substituents is 1. The lowest BCUT2D eigenvalue weighted by Crippen LogP contribution is -2.15. The quantitative estimate of drug-likeness (QED) is 0.232. The Hall–Kier alpha value is -4.40. The van der Waals surface area contributed by atoms with E-state index in [0.29, 0.717) is 23.3 Å². The van der Waals surface area contributed by atoms with Crippen molar-refractivity contribution in [3.63, 3.8) is 0 Å². The molecule has 0 aliphatic heterocycles. The Labute approximate surface area is 194 Å². The van der Waals surface area contributed by atoms with Crippen molar-refractivity contribution < 1.29 is 19.0 Å². The van der Waals surface area contributed by atoms with Gasteiger partial charge in [-0.3, -0.25) is 10.1 Å². The molecule has 0 atom stereocenters. The monoisotopic (exact) mass is 456 g/mol. The number of aryl methyl sites for hydroxylation is 1. The number of carbonyl (C=O) groups excluding carboxylic acids is 1. The zero-order valence-corrected chi connectivity index (χ0v) is 18.4. The van der Waals surface area contributed by atoms with Gasteiger partial charge in [0.2, 0.25) is 0 Å². The SMILES string of the molecule is Cc1noc(COC(=O)c2c3c(nc4ccccc24)/C(=C/c2ccc([N+](=O)[O-])cc2)CCC3)n1. The van der Waals surface area contributed by atoms with E-state index >= 15 is 0 Å². The molecule has 0 amide bonds. The number of para-hydroxylation sites is 1. The highest BCUT2D eigenvalue weighted by Crippen LogP contribution is 2.36. The number of carbonyl (C=O) groups is 1. The summed E-state index contributed by atoms with van der Waals surface area (Å²) < 4.78 is 10.6. The average molecular weight is 456 g/mol. The van der Waals surface area contributed by atoms with Crippen LogP contribution in [0.15, 0.2) is 53.1 Å². The van der Waals surface area contributed by atoms with Gasteiger partial charge in [-0.25, -0.2) is 9.78 Å². The molecule has 34 heavy (non-hydrogen) atoms. The van der Waals surface area contributed by atoms with E-state index < -0.39 is 10.9 Å². The van der Waals surface area contributed by atoms with E-state index in [0.717, 1.165) is 40.6 Å². The summed E-state index contributed by atoms with van der Waals surface area (Å²) >= 11 is 0. The van der Waals surface area contributed by atoms with Gasteiger partial charge in [-0.2, -0.15) is 4.98 Å². The van der Waals surface area contributed by atoms with Crippen molar-refractivity contribution in [1.29, 1.82) is 0 Å². The van der Waals surface area contributed by atoms with Crippen molar-refractivity contribution in [3.8, 4) is 0 Å². The van der Waals surface area contributed by atoms with E-state index in [9.17, 15) is 14.9 Å². The van der Waals surface area contributed by atoms with E-state index in [2.05, 4.69) is 10.1 Å². The maximum absolute atomic E-state index is 13.3. The summed E-state index contributed by atoms with van der Waals surface area (Å²) in [5.41, 5.74) is 4.62. The Kier molecular flexibility index (Phi) is 5.59. The smallest absolute Gasteiger partial charge is 0.339 e.